The number of rotatable bonds is 8. The number of hydrogen-bond donors (Lipinski definition) is 3. The first kappa shape index (κ1) is 29.9. The molecule has 11 heteroatoms. The maximum Gasteiger partial charge on any atom is 0.278 e. The molecule has 10 nitrogen and oxygen atoms in total. The zero-order valence-electron chi connectivity index (χ0n) is 25.9. The average molecular weight is 636 g/mol. The SMILES string of the molecule is COc1nc(-c2cccc(-c3cccc(Nc4nccc5cnn(C)c(=O)c45)c3C)c2Cl)cc2c1C(NC[C@H]1CCC(=O)N1)CC2. The average Bonchev–Trinajstić information content (AvgIpc) is 3.68. The first-order chi connectivity index (χ1) is 22.3. The third-order valence-corrected chi connectivity index (χ3v) is 9.47. The molecule has 1 amide bonds. The van der Waals surface area contributed by atoms with Gasteiger partial charge in [0, 0.05) is 66.1 Å². The second-order valence-corrected chi connectivity index (χ2v) is 12.2. The Morgan fingerprint density at radius 2 is 1.87 bits per heavy atom. The standard InChI is InChI=1S/C35H34ClN7O3/c1-19-23(6-5-9-26(19)41-33-31-21(14-15-37-33)17-39-43(2)35(31)45)24-7-4-8-25(32(24)36)28-16-20-10-12-27(30(20)34(42-28)46-3)38-18-22-11-13-29(44)40-22/h4-9,14-17,22,27,38H,10-13,18H2,1-3H3,(H,37,41)(H,40,44)/t22-,27?/m1/s1. The van der Waals surface area contributed by atoms with E-state index in [4.69, 9.17) is 21.3 Å². The van der Waals surface area contributed by atoms with Crippen molar-refractivity contribution < 1.29 is 9.53 Å². The van der Waals surface area contributed by atoms with E-state index in [1.54, 1.807) is 32.6 Å². The predicted octanol–water partition coefficient (Wildman–Crippen LogP) is 5.63. The highest BCUT2D eigenvalue weighted by Crippen LogP contribution is 2.43. The quantitative estimate of drug-likeness (QED) is 0.201. The maximum atomic E-state index is 12.9. The molecule has 3 aromatic heterocycles. The second-order valence-electron chi connectivity index (χ2n) is 11.9. The van der Waals surface area contributed by atoms with E-state index in [2.05, 4.69) is 32.1 Å². The predicted molar refractivity (Wildman–Crippen MR) is 180 cm³/mol. The lowest BCUT2D eigenvalue weighted by molar-refractivity contribution is -0.119. The number of ether oxygens (including phenoxy) is 1. The molecule has 4 heterocycles. The molecule has 1 saturated heterocycles. The molecule has 7 rings (SSSR count). The van der Waals surface area contributed by atoms with Gasteiger partial charge in [0.25, 0.3) is 5.56 Å². The maximum absolute atomic E-state index is 12.9. The van der Waals surface area contributed by atoms with Gasteiger partial charge in [-0.15, -0.1) is 0 Å². The van der Waals surface area contributed by atoms with Crippen LogP contribution in [0.15, 0.2) is 65.7 Å². The van der Waals surface area contributed by atoms with E-state index >= 15 is 0 Å². The number of hydrogen-bond acceptors (Lipinski definition) is 8. The summed E-state index contributed by atoms with van der Waals surface area (Å²) in [6.45, 7) is 2.73. The first-order valence-corrected chi connectivity index (χ1v) is 15.8. The van der Waals surface area contributed by atoms with Crippen LogP contribution in [0.2, 0.25) is 5.02 Å². The lowest BCUT2D eigenvalue weighted by Gasteiger charge is -2.20. The van der Waals surface area contributed by atoms with E-state index in [1.165, 1.54) is 10.2 Å². The van der Waals surface area contributed by atoms with E-state index in [9.17, 15) is 9.59 Å². The largest absolute Gasteiger partial charge is 0.481 e. The van der Waals surface area contributed by atoms with Gasteiger partial charge < -0.3 is 20.7 Å². The van der Waals surface area contributed by atoms with Crippen molar-refractivity contribution in [3.8, 4) is 28.3 Å². The molecule has 1 unspecified atom stereocenters. The van der Waals surface area contributed by atoms with Crippen molar-refractivity contribution in [1.29, 1.82) is 0 Å². The Hall–Kier alpha value is -4.80. The van der Waals surface area contributed by atoms with Crippen LogP contribution in [-0.4, -0.2) is 45.4 Å². The summed E-state index contributed by atoms with van der Waals surface area (Å²) in [5.74, 6) is 1.17. The number of fused-ring (bicyclic) bond motifs is 2. The number of aromatic nitrogens is 4. The third kappa shape index (κ3) is 5.37. The third-order valence-electron chi connectivity index (χ3n) is 9.06. The van der Waals surface area contributed by atoms with Crippen LogP contribution in [-0.2, 0) is 18.3 Å². The van der Waals surface area contributed by atoms with Gasteiger partial charge in [0.15, 0.2) is 0 Å². The van der Waals surface area contributed by atoms with Crippen LogP contribution < -0.4 is 26.2 Å². The molecule has 0 bridgehead atoms. The molecule has 1 fully saturated rings. The molecule has 5 aromatic rings. The summed E-state index contributed by atoms with van der Waals surface area (Å²) in [7, 11) is 3.27. The van der Waals surface area contributed by atoms with Crippen LogP contribution in [0, 0.1) is 6.92 Å². The van der Waals surface area contributed by atoms with Crippen LogP contribution in [0.25, 0.3) is 33.2 Å². The van der Waals surface area contributed by atoms with Crippen molar-refractivity contribution in [2.45, 2.75) is 44.7 Å². The molecule has 0 saturated carbocycles. The zero-order chi connectivity index (χ0) is 31.9. The number of benzene rings is 2. The molecule has 46 heavy (non-hydrogen) atoms. The fraction of sp³-hybridized carbons (Fsp3) is 0.286. The minimum Gasteiger partial charge on any atom is -0.481 e. The van der Waals surface area contributed by atoms with Gasteiger partial charge in [0.1, 0.15) is 5.82 Å². The molecule has 3 N–H and O–H groups in total. The van der Waals surface area contributed by atoms with Crippen molar-refractivity contribution in [1.82, 2.24) is 30.4 Å². The molecule has 2 aromatic carbocycles. The van der Waals surface area contributed by atoms with Gasteiger partial charge in [-0.2, -0.15) is 5.10 Å². The van der Waals surface area contributed by atoms with Crippen molar-refractivity contribution in [3.05, 3.63) is 93.0 Å². The number of methoxy groups -OCH3 is 1. The number of nitrogens with one attached hydrogen (secondary N) is 3. The van der Waals surface area contributed by atoms with Crippen molar-refractivity contribution in [2.75, 3.05) is 19.0 Å². The van der Waals surface area contributed by atoms with E-state index in [0.717, 1.165) is 58.5 Å². The van der Waals surface area contributed by atoms with E-state index in [1.807, 2.05) is 43.3 Å². The number of carbonyl (C=O) groups is 1. The van der Waals surface area contributed by atoms with Crippen LogP contribution in [0.3, 0.4) is 0 Å². The molecular formula is C35H34ClN7O3. The number of nitrogens with zero attached hydrogens (tertiary/aromatic N) is 4. The summed E-state index contributed by atoms with van der Waals surface area (Å²) in [6, 6.07) is 16.1. The molecule has 234 valence electrons. The smallest absolute Gasteiger partial charge is 0.278 e. The highest BCUT2D eigenvalue weighted by Gasteiger charge is 2.30. The van der Waals surface area contributed by atoms with E-state index in [-0.39, 0.29) is 23.6 Å². The number of anilines is 2. The Bertz CT molecular complexity index is 2060. The monoisotopic (exact) mass is 635 g/mol. The van der Waals surface area contributed by atoms with Crippen molar-refractivity contribution >= 4 is 39.8 Å². The zero-order valence-corrected chi connectivity index (χ0v) is 26.6. The molecule has 2 aliphatic rings. The van der Waals surface area contributed by atoms with Gasteiger partial charge in [0.05, 0.1) is 29.4 Å². The lowest BCUT2D eigenvalue weighted by atomic mass is 9.96. The number of amides is 1. The van der Waals surface area contributed by atoms with Crippen molar-refractivity contribution in [3.63, 3.8) is 0 Å². The van der Waals surface area contributed by atoms with Gasteiger partial charge in [-0.1, -0.05) is 41.9 Å². The molecule has 1 aliphatic carbocycles. The molecule has 0 radical (unpaired) electrons. The Morgan fingerprint density at radius 1 is 1.07 bits per heavy atom. The Balaban J connectivity index is 1.21. The van der Waals surface area contributed by atoms with Gasteiger partial charge in [-0.3, -0.25) is 9.59 Å². The topological polar surface area (TPSA) is 123 Å². The number of halogens is 1. The fourth-order valence-corrected chi connectivity index (χ4v) is 6.94. The van der Waals surface area contributed by atoms with E-state index < -0.39 is 0 Å². The number of pyridine rings is 2. The Kier molecular flexibility index (Phi) is 7.92. The molecule has 2 atom stereocenters. The van der Waals surface area contributed by atoms with Gasteiger partial charge in [-0.25, -0.2) is 14.6 Å². The Morgan fingerprint density at radius 3 is 2.67 bits per heavy atom. The van der Waals surface area contributed by atoms with Crippen molar-refractivity contribution in [2.24, 2.45) is 7.05 Å². The summed E-state index contributed by atoms with van der Waals surface area (Å²) < 4.78 is 7.13. The van der Waals surface area contributed by atoms with Crippen LogP contribution in [0.5, 0.6) is 5.88 Å². The minimum atomic E-state index is -0.223. The number of carbonyl (C=O) groups excluding carboxylic acids is 1. The van der Waals surface area contributed by atoms with E-state index in [0.29, 0.717) is 40.5 Å². The summed E-state index contributed by atoms with van der Waals surface area (Å²) >= 11 is 7.18. The fourth-order valence-electron chi connectivity index (χ4n) is 6.61. The molecule has 0 spiro atoms. The Labute approximate surface area is 271 Å². The normalized spacial score (nSPS) is 17.3. The second kappa shape index (κ2) is 12.2. The van der Waals surface area contributed by atoms with Crippen LogP contribution in [0.4, 0.5) is 11.5 Å². The number of aryl methyl sites for hydroxylation is 2. The summed E-state index contributed by atoms with van der Waals surface area (Å²) in [6.07, 6.45) is 6.58. The summed E-state index contributed by atoms with van der Waals surface area (Å²) in [4.78, 5) is 34.0. The lowest BCUT2D eigenvalue weighted by Crippen LogP contribution is -2.36. The summed E-state index contributed by atoms with van der Waals surface area (Å²) in [5, 5.41) is 16.0. The highest BCUT2D eigenvalue weighted by atomic mass is 35.5. The van der Waals surface area contributed by atoms with Crippen LogP contribution in [0.1, 0.15) is 42.0 Å². The molecular weight excluding hydrogens is 602 g/mol. The summed E-state index contributed by atoms with van der Waals surface area (Å²) in [5.41, 5.74) is 7.18. The first-order valence-electron chi connectivity index (χ1n) is 15.4. The van der Waals surface area contributed by atoms with Gasteiger partial charge in [-0.05, 0) is 61.1 Å². The molecule has 1 aliphatic heterocycles. The van der Waals surface area contributed by atoms with Gasteiger partial charge >= 0.3 is 0 Å². The minimum absolute atomic E-state index is 0.108. The van der Waals surface area contributed by atoms with Crippen LogP contribution >= 0.6 is 11.6 Å². The van der Waals surface area contributed by atoms with Gasteiger partial charge in [0.2, 0.25) is 11.8 Å². The highest BCUT2D eigenvalue weighted by molar-refractivity contribution is 6.36.